The van der Waals surface area contributed by atoms with Gasteiger partial charge in [-0.15, -0.1) is 0 Å². The Labute approximate surface area is 136 Å². The zero-order valence-corrected chi connectivity index (χ0v) is 14.5. The maximum absolute atomic E-state index is 12.1. The maximum Gasteiger partial charge on any atom is 0.410 e. The fraction of sp³-hybridized carbons (Fsp3) is 0.688. The molecule has 2 heterocycles. The van der Waals surface area contributed by atoms with E-state index in [0.29, 0.717) is 24.9 Å². The second-order valence-electron chi connectivity index (χ2n) is 7.09. The van der Waals surface area contributed by atoms with E-state index in [1.54, 1.807) is 11.0 Å². The highest BCUT2D eigenvalue weighted by Crippen LogP contribution is 2.24. The zero-order chi connectivity index (χ0) is 16.4. The number of carbonyl (C=O) groups excluding carboxylic acids is 1. The molecule has 0 saturated carbocycles. The minimum Gasteiger partial charge on any atom is -0.448 e. The predicted octanol–water partition coefficient (Wildman–Crippen LogP) is 3.81. The van der Waals surface area contributed by atoms with Gasteiger partial charge in [0.25, 0.3) is 0 Å². The van der Waals surface area contributed by atoms with Crippen molar-refractivity contribution in [2.45, 2.75) is 58.2 Å². The number of amides is 1. The maximum atomic E-state index is 12.1. The molecule has 0 unspecified atom stereocenters. The van der Waals surface area contributed by atoms with Gasteiger partial charge in [-0.05, 0) is 64.3 Å². The third-order valence-corrected chi connectivity index (χ3v) is 4.04. The zero-order valence-electron chi connectivity index (χ0n) is 13.7. The van der Waals surface area contributed by atoms with Crippen LogP contribution in [-0.2, 0) is 11.3 Å². The lowest BCUT2D eigenvalue weighted by atomic mass is 9.89. The number of furan rings is 1. The number of carbonyl (C=O) groups is 1. The van der Waals surface area contributed by atoms with Gasteiger partial charge in [-0.1, -0.05) is 0 Å². The highest BCUT2D eigenvalue weighted by atomic mass is 35.5. The van der Waals surface area contributed by atoms with E-state index in [9.17, 15) is 4.79 Å². The predicted molar refractivity (Wildman–Crippen MR) is 86.0 cm³/mol. The normalized spacial score (nSPS) is 18.3. The van der Waals surface area contributed by atoms with E-state index in [1.807, 2.05) is 26.8 Å². The lowest BCUT2D eigenvalue weighted by Crippen LogP contribution is -2.53. The standard InChI is InChI=1S/C16H25ClN2O3/c1-15(2,3)22-14(20)19-9-7-16(4,8-10-19)18-11-12-5-6-13(17)21-12/h5-6,18H,7-11H2,1-4H3. The van der Waals surface area contributed by atoms with Crippen molar-refractivity contribution < 1.29 is 13.9 Å². The van der Waals surface area contributed by atoms with Gasteiger partial charge >= 0.3 is 6.09 Å². The molecule has 1 aromatic heterocycles. The summed E-state index contributed by atoms with van der Waals surface area (Å²) in [6.45, 7) is 9.84. The molecule has 1 aromatic rings. The first-order valence-electron chi connectivity index (χ1n) is 7.64. The molecule has 1 aliphatic rings. The lowest BCUT2D eigenvalue weighted by Gasteiger charge is -2.40. The Morgan fingerprint density at radius 1 is 1.41 bits per heavy atom. The summed E-state index contributed by atoms with van der Waals surface area (Å²) in [6, 6.07) is 3.61. The SMILES string of the molecule is CC1(NCc2ccc(Cl)o2)CCN(C(=O)OC(C)(C)C)CC1. The average Bonchev–Trinajstić information content (AvgIpc) is 2.81. The highest BCUT2D eigenvalue weighted by Gasteiger charge is 2.33. The molecular formula is C16H25ClN2O3. The van der Waals surface area contributed by atoms with Crippen LogP contribution in [0.5, 0.6) is 0 Å². The van der Waals surface area contributed by atoms with Crippen molar-refractivity contribution in [3.05, 3.63) is 23.1 Å². The summed E-state index contributed by atoms with van der Waals surface area (Å²) >= 11 is 5.77. The first-order valence-corrected chi connectivity index (χ1v) is 8.02. The molecule has 6 heteroatoms. The van der Waals surface area contributed by atoms with Crippen LogP contribution in [0.1, 0.15) is 46.3 Å². The number of rotatable bonds is 3. The largest absolute Gasteiger partial charge is 0.448 e. The van der Waals surface area contributed by atoms with Gasteiger partial charge in [-0.2, -0.15) is 0 Å². The summed E-state index contributed by atoms with van der Waals surface area (Å²) in [5.41, 5.74) is -0.466. The fourth-order valence-electron chi connectivity index (χ4n) is 2.43. The van der Waals surface area contributed by atoms with Crippen LogP contribution in [0.4, 0.5) is 4.79 Å². The Morgan fingerprint density at radius 3 is 2.55 bits per heavy atom. The van der Waals surface area contributed by atoms with Gasteiger partial charge in [0.05, 0.1) is 6.54 Å². The monoisotopic (exact) mass is 328 g/mol. The van der Waals surface area contributed by atoms with Crippen LogP contribution in [0.2, 0.25) is 5.22 Å². The number of hydrogen-bond donors (Lipinski definition) is 1. The number of ether oxygens (including phenoxy) is 1. The first kappa shape index (κ1) is 17.2. The molecule has 1 amide bonds. The van der Waals surface area contributed by atoms with Crippen molar-refractivity contribution in [1.29, 1.82) is 0 Å². The van der Waals surface area contributed by atoms with Gasteiger partial charge in [0, 0.05) is 18.6 Å². The third-order valence-electron chi connectivity index (χ3n) is 3.84. The molecule has 0 aliphatic carbocycles. The molecule has 1 saturated heterocycles. The van der Waals surface area contributed by atoms with Crippen LogP contribution in [0.15, 0.2) is 16.5 Å². The number of halogens is 1. The van der Waals surface area contributed by atoms with E-state index in [0.717, 1.165) is 18.6 Å². The van der Waals surface area contributed by atoms with Gasteiger partial charge in [-0.3, -0.25) is 0 Å². The highest BCUT2D eigenvalue weighted by molar-refractivity contribution is 6.28. The van der Waals surface area contributed by atoms with Crippen molar-refractivity contribution in [2.75, 3.05) is 13.1 Å². The van der Waals surface area contributed by atoms with Crippen molar-refractivity contribution in [3.8, 4) is 0 Å². The van der Waals surface area contributed by atoms with Crippen molar-refractivity contribution in [2.24, 2.45) is 0 Å². The molecule has 0 bridgehead atoms. The first-order chi connectivity index (χ1) is 10.2. The molecule has 124 valence electrons. The number of piperidine rings is 1. The molecule has 1 aliphatic heterocycles. The molecular weight excluding hydrogens is 304 g/mol. The summed E-state index contributed by atoms with van der Waals surface area (Å²) in [4.78, 5) is 13.8. The number of nitrogens with one attached hydrogen (secondary N) is 1. The second kappa shape index (κ2) is 6.50. The van der Waals surface area contributed by atoms with Crippen LogP contribution in [0.3, 0.4) is 0 Å². The van der Waals surface area contributed by atoms with Gasteiger partial charge in [0.2, 0.25) is 0 Å². The van der Waals surface area contributed by atoms with Crippen LogP contribution in [0, 0.1) is 0 Å². The summed E-state index contributed by atoms with van der Waals surface area (Å²) in [6.07, 6.45) is 1.52. The van der Waals surface area contributed by atoms with E-state index in [4.69, 9.17) is 20.8 Å². The van der Waals surface area contributed by atoms with E-state index in [1.165, 1.54) is 0 Å². The summed E-state index contributed by atoms with van der Waals surface area (Å²) < 4.78 is 10.8. The molecule has 0 atom stereocenters. The summed E-state index contributed by atoms with van der Waals surface area (Å²) in [5, 5.41) is 3.91. The Morgan fingerprint density at radius 2 is 2.05 bits per heavy atom. The van der Waals surface area contributed by atoms with Gasteiger partial charge in [-0.25, -0.2) is 4.79 Å². The summed E-state index contributed by atoms with van der Waals surface area (Å²) in [7, 11) is 0. The minimum atomic E-state index is -0.450. The Kier molecular flexibility index (Phi) is 5.07. The molecule has 5 nitrogen and oxygen atoms in total. The Bertz CT molecular complexity index is 514. The van der Waals surface area contributed by atoms with E-state index in [2.05, 4.69) is 12.2 Å². The second-order valence-corrected chi connectivity index (χ2v) is 7.46. The quantitative estimate of drug-likeness (QED) is 0.916. The molecule has 0 radical (unpaired) electrons. The minimum absolute atomic E-state index is 0.0161. The molecule has 2 rings (SSSR count). The van der Waals surface area contributed by atoms with E-state index in [-0.39, 0.29) is 11.6 Å². The van der Waals surface area contributed by atoms with Crippen LogP contribution in [0.25, 0.3) is 0 Å². The lowest BCUT2D eigenvalue weighted by molar-refractivity contribution is 0.0155. The van der Waals surface area contributed by atoms with Gasteiger partial charge < -0.3 is 19.4 Å². The molecule has 1 fully saturated rings. The van der Waals surface area contributed by atoms with Gasteiger partial charge in [0.1, 0.15) is 11.4 Å². The smallest absolute Gasteiger partial charge is 0.410 e. The summed E-state index contributed by atoms with van der Waals surface area (Å²) in [5.74, 6) is 0.820. The Balaban J connectivity index is 1.81. The average molecular weight is 329 g/mol. The Hall–Kier alpha value is -1.20. The number of likely N-dealkylation sites (tertiary alicyclic amines) is 1. The topological polar surface area (TPSA) is 54.7 Å². The van der Waals surface area contributed by atoms with Crippen molar-refractivity contribution in [3.63, 3.8) is 0 Å². The molecule has 0 aromatic carbocycles. The van der Waals surface area contributed by atoms with Crippen molar-refractivity contribution >= 4 is 17.7 Å². The number of nitrogens with zero attached hydrogens (tertiary/aromatic N) is 1. The van der Waals surface area contributed by atoms with Crippen LogP contribution < -0.4 is 5.32 Å². The third kappa shape index (κ3) is 4.92. The molecule has 1 N–H and O–H groups in total. The molecule has 22 heavy (non-hydrogen) atoms. The van der Waals surface area contributed by atoms with Gasteiger partial charge in [0.15, 0.2) is 5.22 Å². The van der Waals surface area contributed by atoms with Crippen LogP contribution >= 0.6 is 11.6 Å². The van der Waals surface area contributed by atoms with Crippen LogP contribution in [-0.4, -0.2) is 35.2 Å². The van der Waals surface area contributed by atoms with E-state index < -0.39 is 5.60 Å². The number of hydrogen-bond acceptors (Lipinski definition) is 4. The fourth-order valence-corrected chi connectivity index (χ4v) is 2.60. The van der Waals surface area contributed by atoms with E-state index >= 15 is 0 Å². The van der Waals surface area contributed by atoms with Crippen molar-refractivity contribution in [1.82, 2.24) is 10.2 Å². The molecule has 0 spiro atoms.